The first-order chi connectivity index (χ1) is 9.56. The lowest BCUT2D eigenvalue weighted by Gasteiger charge is -2.16. The molecule has 0 aliphatic rings. The van der Waals surface area contributed by atoms with Gasteiger partial charge in [0.05, 0.1) is 18.4 Å². The standard InChI is InChI=1S/C14H19N5O.ClH/c1-11(15)8-14(20)18(2)10-12-9-16-19(17-12)13-6-4-3-5-7-13;/h3-7,9,11H,8,10,15H2,1-2H3;1H. The van der Waals surface area contributed by atoms with Crippen LogP contribution in [0.1, 0.15) is 19.0 Å². The van der Waals surface area contributed by atoms with Crippen molar-refractivity contribution in [3.05, 3.63) is 42.2 Å². The van der Waals surface area contributed by atoms with Crippen LogP contribution in [0.4, 0.5) is 0 Å². The minimum atomic E-state index is -0.134. The first kappa shape index (κ1) is 17.1. The van der Waals surface area contributed by atoms with E-state index >= 15 is 0 Å². The molecule has 2 N–H and O–H groups in total. The summed E-state index contributed by atoms with van der Waals surface area (Å²) in [6.45, 7) is 2.25. The van der Waals surface area contributed by atoms with Crippen molar-refractivity contribution >= 4 is 18.3 Å². The number of hydrogen-bond donors (Lipinski definition) is 1. The van der Waals surface area contributed by atoms with Crippen molar-refractivity contribution in [1.82, 2.24) is 19.9 Å². The molecule has 0 aliphatic carbocycles. The molecule has 0 saturated carbocycles. The number of nitrogens with two attached hydrogens (primary N) is 1. The van der Waals surface area contributed by atoms with Crippen LogP contribution in [0.25, 0.3) is 5.69 Å². The van der Waals surface area contributed by atoms with Crippen LogP contribution in [0.5, 0.6) is 0 Å². The zero-order valence-electron chi connectivity index (χ0n) is 12.1. The van der Waals surface area contributed by atoms with Crippen molar-refractivity contribution in [2.24, 2.45) is 5.73 Å². The lowest BCUT2D eigenvalue weighted by molar-refractivity contribution is -0.130. The minimum Gasteiger partial charge on any atom is -0.340 e. The molecular weight excluding hydrogens is 290 g/mol. The summed E-state index contributed by atoms with van der Waals surface area (Å²) in [5.41, 5.74) is 7.26. The molecule has 2 rings (SSSR count). The van der Waals surface area contributed by atoms with E-state index in [1.807, 2.05) is 37.3 Å². The van der Waals surface area contributed by atoms with Gasteiger partial charge in [0.25, 0.3) is 0 Å². The summed E-state index contributed by atoms with van der Waals surface area (Å²) in [7, 11) is 1.74. The van der Waals surface area contributed by atoms with Gasteiger partial charge in [-0.2, -0.15) is 15.0 Å². The van der Waals surface area contributed by atoms with Crippen molar-refractivity contribution < 1.29 is 4.79 Å². The summed E-state index contributed by atoms with van der Waals surface area (Å²) in [5, 5.41) is 8.57. The fraction of sp³-hybridized carbons (Fsp3) is 0.357. The average molecular weight is 310 g/mol. The number of para-hydroxylation sites is 1. The molecule has 1 atom stereocenters. The highest BCUT2D eigenvalue weighted by Crippen LogP contribution is 2.06. The first-order valence-corrected chi connectivity index (χ1v) is 6.52. The van der Waals surface area contributed by atoms with E-state index in [0.29, 0.717) is 13.0 Å². The summed E-state index contributed by atoms with van der Waals surface area (Å²) in [5.74, 6) is 0.00858. The van der Waals surface area contributed by atoms with E-state index in [-0.39, 0.29) is 24.4 Å². The van der Waals surface area contributed by atoms with Crippen molar-refractivity contribution in [1.29, 1.82) is 0 Å². The van der Waals surface area contributed by atoms with Crippen LogP contribution in [-0.2, 0) is 11.3 Å². The predicted octanol–water partition coefficient (Wildman–Crippen LogP) is 1.38. The summed E-state index contributed by atoms with van der Waals surface area (Å²) in [6, 6.07) is 9.51. The Kier molecular flexibility index (Phi) is 6.33. The van der Waals surface area contributed by atoms with Gasteiger partial charge in [0.15, 0.2) is 0 Å². The number of rotatable bonds is 5. The van der Waals surface area contributed by atoms with Gasteiger partial charge >= 0.3 is 0 Å². The van der Waals surface area contributed by atoms with Crippen LogP contribution < -0.4 is 5.73 Å². The molecule has 114 valence electrons. The van der Waals surface area contributed by atoms with Crippen LogP contribution in [-0.4, -0.2) is 38.9 Å². The molecule has 0 bridgehead atoms. The molecular formula is C14H20ClN5O. The van der Waals surface area contributed by atoms with Gasteiger partial charge in [-0.3, -0.25) is 4.79 Å². The molecule has 1 aromatic carbocycles. The molecule has 0 spiro atoms. The number of halogens is 1. The Morgan fingerprint density at radius 3 is 2.67 bits per heavy atom. The van der Waals surface area contributed by atoms with Gasteiger partial charge in [0, 0.05) is 19.5 Å². The molecule has 0 aliphatic heterocycles. The molecule has 1 unspecified atom stereocenters. The summed E-state index contributed by atoms with van der Waals surface area (Å²) < 4.78 is 0. The Bertz CT molecular complexity index is 570. The second-order valence-corrected chi connectivity index (χ2v) is 4.89. The smallest absolute Gasteiger partial charge is 0.224 e. The summed E-state index contributed by atoms with van der Waals surface area (Å²) in [4.78, 5) is 15.0. The van der Waals surface area contributed by atoms with E-state index in [0.717, 1.165) is 11.4 Å². The lowest BCUT2D eigenvalue weighted by Crippen LogP contribution is -2.31. The van der Waals surface area contributed by atoms with Crippen molar-refractivity contribution in [3.8, 4) is 5.69 Å². The van der Waals surface area contributed by atoms with E-state index in [1.54, 1.807) is 22.9 Å². The first-order valence-electron chi connectivity index (χ1n) is 6.52. The third-order valence-corrected chi connectivity index (χ3v) is 2.85. The number of carbonyl (C=O) groups is 1. The molecule has 7 heteroatoms. The highest BCUT2D eigenvalue weighted by atomic mass is 35.5. The Labute approximate surface area is 130 Å². The molecule has 21 heavy (non-hydrogen) atoms. The van der Waals surface area contributed by atoms with Crippen LogP contribution >= 0.6 is 12.4 Å². The number of carbonyl (C=O) groups excluding carboxylic acids is 1. The molecule has 0 radical (unpaired) electrons. The van der Waals surface area contributed by atoms with E-state index in [4.69, 9.17) is 5.73 Å². The van der Waals surface area contributed by atoms with E-state index in [1.165, 1.54) is 0 Å². The van der Waals surface area contributed by atoms with Gasteiger partial charge < -0.3 is 10.6 Å². The van der Waals surface area contributed by atoms with Gasteiger partial charge in [-0.25, -0.2) is 0 Å². The van der Waals surface area contributed by atoms with Gasteiger partial charge in [-0.05, 0) is 19.1 Å². The molecule has 1 aromatic heterocycles. The van der Waals surface area contributed by atoms with Gasteiger partial charge in [0.2, 0.25) is 5.91 Å². The van der Waals surface area contributed by atoms with Gasteiger partial charge in [-0.15, -0.1) is 12.4 Å². The highest BCUT2D eigenvalue weighted by Gasteiger charge is 2.13. The number of hydrogen-bond acceptors (Lipinski definition) is 4. The van der Waals surface area contributed by atoms with E-state index in [9.17, 15) is 4.79 Å². The molecule has 0 fully saturated rings. The second-order valence-electron chi connectivity index (χ2n) is 4.89. The zero-order valence-corrected chi connectivity index (χ0v) is 13.0. The fourth-order valence-electron chi connectivity index (χ4n) is 1.82. The third kappa shape index (κ3) is 4.84. The third-order valence-electron chi connectivity index (χ3n) is 2.85. The van der Waals surface area contributed by atoms with Crippen LogP contribution in [0.15, 0.2) is 36.5 Å². The van der Waals surface area contributed by atoms with E-state index < -0.39 is 0 Å². The molecule has 1 amide bonds. The Balaban J connectivity index is 0.00000220. The Morgan fingerprint density at radius 2 is 2.05 bits per heavy atom. The minimum absolute atomic E-state index is 0. The average Bonchev–Trinajstić information content (AvgIpc) is 2.87. The maximum atomic E-state index is 11.8. The molecule has 2 aromatic rings. The van der Waals surface area contributed by atoms with Crippen molar-refractivity contribution in [2.75, 3.05) is 7.05 Å². The zero-order chi connectivity index (χ0) is 14.5. The molecule has 1 heterocycles. The maximum absolute atomic E-state index is 11.8. The van der Waals surface area contributed by atoms with Gasteiger partial charge in [-0.1, -0.05) is 18.2 Å². The lowest BCUT2D eigenvalue weighted by atomic mass is 10.2. The van der Waals surface area contributed by atoms with Crippen LogP contribution in [0, 0.1) is 0 Å². The highest BCUT2D eigenvalue weighted by molar-refractivity contribution is 5.85. The summed E-state index contributed by atoms with van der Waals surface area (Å²) >= 11 is 0. The fourth-order valence-corrected chi connectivity index (χ4v) is 1.82. The largest absolute Gasteiger partial charge is 0.340 e. The van der Waals surface area contributed by atoms with Crippen LogP contribution in [0.2, 0.25) is 0 Å². The topological polar surface area (TPSA) is 77.0 Å². The van der Waals surface area contributed by atoms with Crippen LogP contribution in [0.3, 0.4) is 0 Å². The maximum Gasteiger partial charge on any atom is 0.224 e. The Morgan fingerprint density at radius 1 is 1.38 bits per heavy atom. The summed E-state index contributed by atoms with van der Waals surface area (Å²) in [6.07, 6.45) is 2.01. The predicted molar refractivity (Wildman–Crippen MR) is 83.3 cm³/mol. The molecule has 6 nitrogen and oxygen atoms in total. The number of benzene rings is 1. The van der Waals surface area contributed by atoms with E-state index in [2.05, 4.69) is 10.2 Å². The quantitative estimate of drug-likeness (QED) is 0.905. The Hall–Kier alpha value is -1.92. The number of amides is 1. The second kappa shape index (κ2) is 7.75. The monoisotopic (exact) mass is 309 g/mol. The SMILES string of the molecule is CC(N)CC(=O)N(C)Cc1cnn(-c2ccccc2)n1.Cl. The normalized spacial score (nSPS) is 11.6. The van der Waals surface area contributed by atoms with Crippen molar-refractivity contribution in [3.63, 3.8) is 0 Å². The number of nitrogens with zero attached hydrogens (tertiary/aromatic N) is 4. The van der Waals surface area contributed by atoms with Crippen molar-refractivity contribution in [2.45, 2.75) is 25.9 Å². The molecule has 0 saturated heterocycles. The number of aromatic nitrogens is 3. The van der Waals surface area contributed by atoms with Gasteiger partial charge in [0.1, 0.15) is 5.69 Å².